The van der Waals surface area contributed by atoms with Crippen LogP contribution >= 0.6 is 63.7 Å². The first kappa shape index (κ1) is 30.3. The largest absolute Gasteiger partial charge is 0.498 e. The fraction of sp³-hybridized carbons (Fsp3) is 0.407. The first-order valence-corrected chi connectivity index (χ1v) is 14.4. The number of ether oxygens (including phenoxy) is 4. The Morgan fingerprint density at radius 3 is 1.40 bits per heavy atom. The maximum atomic E-state index is 6.29. The third-order valence-corrected chi connectivity index (χ3v) is 9.07. The minimum Gasteiger partial charge on any atom is -0.498 e. The average Bonchev–Trinajstić information content (AvgIpc) is 2.82. The predicted molar refractivity (Wildman–Crippen MR) is 158 cm³/mol. The molecule has 0 radical (unpaired) electrons. The van der Waals surface area contributed by atoms with Gasteiger partial charge in [0.15, 0.2) is 0 Å². The van der Waals surface area contributed by atoms with E-state index in [4.69, 9.17) is 18.9 Å². The molecule has 0 N–H and O–H groups in total. The quantitative estimate of drug-likeness (QED) is 0.161. The highest BCUT2D eigenvalue weighted by Gasteiger charge is 2.34. The molecular formula is C27H32Br4O4. The Balaban J connectivity index is 2.57. The highest BCUT2D eigenvalue weighted by Crippen LogP contribution is 2.49. The molecule has 2 aromatic rings. The molecule has 0 fully saturated rings. The standard InChI is InChI=1S/C27H32Br4O4/c1-7-9-32-11-13-34-25-19(15-21(28)17(3)23(25)30)27(5,6)20-16-22(29)18(4)24(31)26(20)35-14-12-33-10-8-2/h7-10,15-16H,11-14H2,1-6H3. The van der Waals surface area contributed by atoms with Crippen molar-refractivity contribution < 1.29 is 18.9 Å². The predicted octanol–water partition coefficient (Wildman–Crippen LogP) is 9.54. The van der Waals surface area contributed by atoms with E-state index < -0.39 is 5.41 Å². The zero-order valence-electron chi connectivity index (χ0n) is 20.9. The van der Waals surface area contributed by atoms with Gasteiger partial charge >= 0.3 is 0 Å². The van der Waals surface area contributed by atoms with Crippen LogP contribution in [0.4, 0.5) is 0 Å². The lowest BCUT2D eigenvalue weighted by Crippen LogP contribution is -2.23. The molecule has 4 nitrogen and oxygen atoms in total. The molecule has 0 aliphatic heterocycles. The van der Waals surface area contributed by atoms with E-state index in [-0.39, 0.29) is 0 Å². The summed E-state index contributed by atoms with van der Waals surface area (Å²) in [5, 5.41) is 0. The van der Waals surface area contributed by atoms with Gasteiger partial charge in [0.05, 0.1) is 21.5 Å². The van der Waals surface area contributed by atoms with Gasteiger partial charge < -0.3 is 18.9 Å². The number of hydrogen-bond donors (Lipinski definition) is 0. The highest BCUT2D eigenvalue weighted by atomic mass is 79.9. The van der Waals surface area contributed by atoms with E-state index in [1.54, 1.807) is 12.5 Å². The SMILES string of the molecule is CC=COCCOc1c(C(C)(C)c2cc(Br)c(C)c(Br)c2OCCOC=CC)cc(Br)c(C)c1Br. The van der Waals surface area contributed by atoms with Crippen LogP contribution in [0.2, 0.25) is 0 Å². The highest BCUT2D eigenvalue weighted by molar-refractivity contribution is 9.11. The van der Waals surface area contributed by atoms with Gasteiger partial charge in [0.25, 0.3) is 0 Å². The van der Waals surface area contributed by atoms with Crippen molar-refractivity contribution in [3.8, 4) is 11.5 Å². The van der Waals surface area contributed by atoms with Gasteiger partial charge in [-0.3, -0.25) is 0 Å². The van der Waals surface area contributed by atoms with E-state index in [9.17, 15) is 0 Å². The third-order valence-electron chi connectivity index (χ3n) is 5.51. The van der Waals surface area contributed by atoms with Crippen LogP contribution in [0.3, 0.4) is 0 Å². The molecule has 0 bridgehead atoms. The van der Waals surface area contributed by atoms with E-state index in [2.05, 4.69) is 89.7 Å². The van der Waals surface area contributed by atoms with Gasteiger partial charge in [-0.1, -0.05) is 57.9 Å². The zero-order valence-corrected chi connectivity index (χ0v) is 27.3. The van der Waals surface area contributed by atoms with Crippen molar-refractivity contribution in [3.05, 3.63) is 77.0 Å². The van der Waals surface area contributed by atoms with Crippen LogP contribution in [0, 0.1) is 13.8 Å². The number of halogens is 4. The van der Waals surface area contributed by atoms with Gasteiger partial charge in [0.1, 0.15) is 37.9 Å². The van der Waals surface area contributed by atoms with Gasteiger partial charge in [0.2, 0.25) is 0 Å². The van der Waals surface area contributed by atoms with E-state index in [0.717, 1.165) is 51.6 Å². The molecule has 2 rings (SSSR count). The Bertz CT molecular complexity index is 994. The zero-order chi connectivity index (χ0) is 26.2. The maximum absolute atomic E-state index is 6.29. The van der Waals surface area contributed by atoms with Gasteiger partial charge in [0, 0.05) is 25.5 Å². The summed E-state index contributed by atoms with van der Waals surface area (Å²) in [4.78, 5) is 0. The van der Waals surface area contributed by atoms with Crippen LogP contribution < -0.4 is 9.47 Å². The van der Waals surface area contributed by atoms with Gasteiger partial charge in [-0.25, -0.2) is 0 Å². The second kappa shape index (κ2) is 14.1. The fourth-order valence-electron chi connectivity index (χ4n) is 3.46. The number of allylic oxidation sites excluding steroid dienone is 2. The number of rotatable bonds is 12. The summed E-state index contributed by atoms with van der Waals surface area (Å²) in [5.74, 6) is 1.57. The summed E-state index contributed by atoms with van der Waals surface area (Å²) in [5.41, 5.74) is 3.70. The summed E-state index contributed by atoms with van der Waals surface area (Å²) in [6.07, 6.45) is 7.04. The van der Waals surface area contributed by atoms with E-state index >= 15 is 0 Å². The van der Waals surface area contributed by atoms with Gasteiger partial charge in [-0.15, -0.1) is 0 Å². The van der Waals surface area contributed by atoms with E-state index in [1.807, 2.05) is 39.8 Å². The monoisotopic (exact) mass is 736 g/mol. The lowest BCUT2D eigenvalue weighted by atomic mass is 9.76. The first-order chi connectivity index (χ1) is 16.6. The van der Waals surface area contributed by atoms with E-state index in [0.29, 0.717) is 26.4 Å². The summed E-state index contributed by atoms with van der Waals surface area (Å²) in [6.45, 7) is 14.0. The van der Waals surface area contributed by atoms with Gasteiger partial charge in [-0.05, 0) is 82.8 Å². The Morgan fingerprint density at radius 2 is 1.06 bits per heavy atom. The first-order valence-electron chi connectivity index (χ1n) is 11.3. The number of benzene rings is 2. The number of hydrogen-bond acceptors (Lipinski definition) is 4. The van der Waals surface area contributed by atoms with Crippen LogP contribution in [0.25, 0.3) is 0 Å². The topological polar surface area (TPSA) is 36.9 Å². The van der Waals surface area contributed by atoms with Crippen molar-refractivity contribution in [1.29, 1.82) is 0 Å². The van der Waals surface area contributed by atoms with Crippen molar-refractivity contribution >= 4 is 63.7 Å². The van der Waals surface area contributed by atoms with E-state index in [1.165, 1.54) is 0 Å². The maximum Gasteiger partial charge on any atom is 0.138 e. The van der Waals surface area contributed by atoms with Crippen molar-refractivity contribution in [1.82, 2.24) is 0 Å². The molecule has 192 valence electrons. The summed E-state index contributed by atoms with van der Waals surface area (Å²) >= 11 is 15.0. The Morgan fingerprint density at radius 1 is 0.686 bits per heavy atom. The van der Waals surface area contributed by atoms with Crippen molar-refractivity contribution in [2.45, 2.75) is 47.0 Å². The average molecular weight is 740 g/mol. The van der Waals surface area contributed by atoms with Crippen LogP contribution in [-0.4, -0.2) is 26.4 Å². The van der Waals surface area contributed by atoms with Crippen LogP contribution in [0.1, 0.15) is 49.9 Å². The lowest BCUT2D eigenvalue weighted by Gasteiger charge is -2.32. The van der Waals surface area contributed by atoms with Crippen molar-refractivity contribution in [2.75, 3.05) is 26.4 Å². The van der Waals surface area contributed by atoms with Crippen LogP contribution in [0.15, 0.2) is 54.7 Å². The summed E-state index contributed by atoms with van der Waals surface area (Å²) in [6, 6.07) is 4.26. The Kier molecular flexibility index (Phi) is 12.2. The molecule has 2 aromatic carbocycles. The molecule has 0 aliphatic rings. The molecule has 0 aromatic heterocycles. The van der Waals surface area contributed by atoms with Crippen LogP contribution in [0.5, 0.6) is 11.5 Å². The fourth-order valence-corrected chi connectivity index (χ4v) is 5.93. The van der Waals surface area contributed by atoms with Crippen LogP contribution in [-0.2, 0) is 14.9 Å². The molecule has 0 unspecified atom stereocenters. The Hall–Kier alpha value is -0.960. The molecule has 0 saturated carbocycles. The lowest BCUT2D eigenvalue weighted by molar-refractivity contribution is 0.174. The smallest absolute Gasteiger partial charge is 0.138 e. The molecule has 0 spiro atoms. The minimum atomic E-state index is -0.476. The second-order valence-corrected chi connectivity index (χ2v) is 11.6. The second-order valence-electron chi connectivity index (χ2n) is 8.35. The summed E-state index contributed by atoms with van der Waals surface area (Å²) in [7, 11) is 0. The molecule has 35 heavy (non-hydrogen) atoms. The molecule has 0 atom stereocenters. The van der Waals surface area contributed by atoms with Crippen molar-refractivity contribution in [3.63, 3.8) is 0 Å². The molecule has 0 amide bonds. The molecular weight excluding hydrogens is 708 g/mol. The molecule has 0 heterocycles. The normalized spacial score (nSPS) is 11.9. The summed E-state index contributed by atoms with van der Waals surface area (Å²) < 4.78 is 27.3. The molecule has 8 heteroatoms. The Labute approximate surface area is 243 Å². The minimum absolute atomic E-state index is 0.417. The molecule has 0 saturated heterocycles. The molecule has 0 aliphatic carbocycles. The van der Waals surface area contributed by atoms with Crippen molar-refractivity contribution in [2.24, 2.45) is 0 Å². The van der Waals surface area contributed by atoms with Gasteiger partial charge in [-0.2, -0.15) is 0 Å². The third kappa shape index (κ3) is 7.53.